The van der Waals surface area contributed by atoms with Gasteiger partial charge in [0.15, 0.2) is 17.5 Å². The van der Waals surface area contributed by atoms with E-state index in [4.69, 9.17) is 5.84 Å². The Hall–Kier alpha value is -2.02. The lowest BCUT2D eigenvalue weighted by molar-refractivity contribution is 0.532. The third-order valence-corrected chi connectivity index (χ3v) is 2.54. The van der Waals surface area contributed by atoms with Gasteiger partial charge in [0.05, 0.1) is 17.5 Å². The van der Waals surface area contributed by atoms with Crippen molar-refractivity contribution in [3.05, 3.63) is 23.9 Å². The van der Waals surface area contributed by atoms with E-state index in [9.17, 15) is 4.39 Å². The molecule has 0 aliphatic heterocycles. The highest BCUT2D eigenvalue weighted by Crippen LogP contribution is 2.20. The van der Waals surface area contributed by atoms with Crippen molar-refractivity contribution in [2.24, 2.45) is 5.84 Å². The third-order valence-electron chi connectivity index (χ3n) is 2.54. The maximum absolute atomic E-state index is 13.5. The van der Waals surface area contributed by atoms with Gasteiger partial charge in [-0.05, 0) is 20.8 Å². The summed E-state index contributed by atoms with van der Waals surface area (Å²) >= 11 is 0. The average molecular weight is 250 g/mol. The van der Waals surface area contributed by atoms with Crippen LogP contribution >= 0.6 is 0 Å². The number of nitrogens with one attached hydrogen (secondary N) is 1. The van der Waals surface area contributed by atoms with Crippen LogP contribution in [-0.2, 0) is 0 Å². The minimum Gasteiger partial charge on any atom is -0.306 e. The summed E-state index contributed by atoms with van der Waals surface area (Å²) in [6, 6.07) is 0.243. The highest BCUT2D eigenvalue weighted by Gasteiger charge is 2.13. The van der Waals surface area contributed by atoms with Gasteiger partial charge >= 0.3 is 0 Å². The van der Waals surface area contributed by atoms with Crippen molar-refractivity contribution >= 4 is 5.82 Å². The molecular weight excluding hydrogens is 235 g/mol. The molecule has 96 valence electrons. The molecule has 0 saturated heterocycles. The summed E-state index contributed by atoms with van der Waals surface area (Å²) in [5.74, 6) is 5.05. The molecule has 6 nitrogen and oxygen atoms in total. The standard InChI is InChI=1S/C11H15FN6/c1-6(2)18-5-8(4-14-18)10-15-7(3)9(12)11(16-10)17-13/h4-6H,13H2,1-3H3,(H,15,16,17). The van der Waals surface area contributed by atoms with Crippen LogP contribution < -0.4 is 11.3 Å². The second-order valence-corrected chi connectivity index (χ2v) is 4.24. The van der Waals surface area contributed by atoms with E-state index in [1.807, 2.05) is 20.0 Å². The normalized spacial score (nSPS) is 11.0. The number of hydrazine groups is 1. The molecule has 2 rings (SSSR count). The molecule has 0 amide bonds. The third kappa shape index (κ3) is 2.17. The van der Waals surface area contributed by atoms with Gasteiger partial charge in [-0.2, -0.15) is 5.10 Å². The highest BCUT2D eigenvalue weighted by molar-refractivity contribution is 5.55. The van der Waals surface area contributed by atoms with Gasteiger partial charge in [-0.3, -0.25) is 4.68 Å². The minimum atomic E-state index is -0.544. The van der Waals surface area contributed by atoms with Crippen molar-refractivity contribution in [1.82, 2.24) is 19.7 Å². The number of aromatic nitrogens is 4. The highest BCUT2D eigenvalue weighted by atomic mass is 19.1. The lowest BCUT2D eigenvalue weighted by Gasteiger charge is -2.06. The van der Waals surface area contributed by atoms with Crippen molar-refractivity contribution in [2.45, 2.75) is 26.8 Å². The first-order valence-electron chi connectivity index (χ1n) is 5.58. The Bertz CT molecular complexity index is 563. The van der Waals surface area contributed by atoms with E-state index in [1.54, 1.807) is 17.8 Å². The summed E-state index contributed by atoms with van der Waals surface area (Å²) in [6.07, 6.45) is 3.46. The number of anilines is 1. The predicted molar refractivity (Wildman–Crippen MR) is 66.1 cm³/mol. The molecular formula is C11H15FN6. The minimum absolute atomic E-state index is 0.0187. The van der Waals surface area contributed by atoms with Crippen molar-refractivity contribution < 1.29 is 4.39 Å². The van der Waals surface area contributed by atoms with Crippen molar-refractivity contribution in [3.8, 4) is 11.4 Å². The van der Waals surface area contributed by atoms with Gasteiger partial charge in [-0.1, -0.05) is 0 Å². The summed E-state index contributed by atoms with van der Waals surface area (Å²) in [6.45, 7) is 5.59. The van der Waals surface area contributed by atoms with Crippen LogP contribution in [0.4, 0.5) is 10.2 Å². The molecule has 2 aromatic heterocycles. The first-order valence-corrected chi connectivity index (χ1v) is 5.58. The van der Waals surface area contributed by atoms with Gasteiger partial charge in [-0.25, -0.2) is 20.2 Å². The molecule has 0 spiro atoms. The van der Waals surface area contributed by atoms with E-state index in [0.717, 1.165) is 5.56 Å². The van der Waals surface area contributed by atoms with Gasteiger partial charge in [0.2, 0.25) is 0 Å². The molecule has 0 bridgehead atoms. The predicted octanol–water partition coefficient (Wildman–Crippen LogP) is 1.65. The molecule has 0 fully saturated rings. The van der Waals surface area contributed by atoms with Crippen LogP contribution in [0.5, 0.6) is 0 Å². The Kier molecular flexibility index (Phi) is 3.24. The molecule has 7 heteroatoms. The van der Waals surface area contributed by atoms with Crippen LogP contribution in [0.1, 0.15) is 25.6 Å². The summed E-state index contributed by atoms with van der Waals surface area (Å²) in [5, 5.41) is 4.19. The Labute approximate surface area is 104 Å². The number of aryl methyl sites for hydroxylation is 1. The summed E-state index contributed by atoms with van der Waals surface area (Å²) in [7, 11) is 0. The van der Waals surface area contributed by atoms with E-state index in [1.165, 1.54) is 0 Å². The Morgan fingerprint density at radius 1 is 1.39 bits per heavy atom. The zero-order chi connectivity index (χ0) is 13.3. The number of hydrogen-bond donors (Lipinski definition) is 2. The van der Waals surface area contributed by atoms with Crippen LogP contribution in [0.3, 0.4) is 0 Å². The molecule has 0 aliphatic rings. The van der Waals surface area contributed by atoms with Crippen LogP contribution in [-0.4, -0.2) is 19.7 Å². The second kappa shape index (κ2) is 4.69. The van der Waals surface area contributed by atoms with Crippen molar-refractivity contribution in [3.63, 3.8) is 0 Å². The maximum Gasteiger partial charge on any atom is 0.187 e. The molecule has 0 unspecified atom stereocenters. The molecule has 2 aromatic rings. The van der Waals surface area contributed by atoms with Crippen molar-refractivity contribution in [2.75, 3.05) is 5.43 Å². The molecule has 0 aromatic carbocycles. The van der Waals surface area contributed by atoms with Gasteiger partial charge in [0.25, 0.3) is 0 Å². The molecule has 2 heterocycles. The summed E-state index contributed by atoms with van der Waals surface area (Å²) in [4.78, 5) is 8.11. The largest absolute Gasteiger partial charge is 0.306 e. The Balaban J connectivity index is 2.47. The van der Waals surface area contributed by atoms with E-state index in [-0.39, 0.29) is 17.6 Å². The molecule has 0 saturated carbocycles. The zero-order valence-electron chi connectivity index (χ0n) is 10.5. The quantitative estimate of drug-likeness (QED) is 0.639. The fourth-order valence-corrected chi connectivity index (χ4v) is 1.52. The molecule has 0 atom stereocenters. The number of halogens is 1. The average Bonchev–Trinajstić information content (AvgIpc) is 2.82. The SMILES string of the molecule is Cc1nc(-c2cnn(C(C)C)c2)nc(NN)c1F. The monoisotopic (exact) mass is 250 g/mol. The fraction of sp³-hybridized carbons (Fsp3) is 0.364. The topological polar surface area (TPSA) is 81.7 Å². The first-order chi connectivity index (χ1) is 8.52. The summed E-state index contributed by atoms with van der Waals surface area (Å²) in [5.41, 5.74) is 3.19. The van der Waals surface area contributed by atoms with Crippen LogP contribution in [0.2, 0.25) is 0 Å². The zero-order valence-corrected chi connectivity index (χ0v) is 10.5. The Morgan fingerprint density at radius 2 is 2.11 bits per heavy atom. The smallest absolute Gasteiger partial charge is 0.187 e. The first kappa shape index (κ1) is 12.4. The fourth-order valence-electron chi connectivity index (χ4n) is 1.52. The summed E-state index contributed by atoms with van der Waals surface area (Å²) < 4.78 is 15.3. The molecule has 0 radical (unpaired) electrons. The number of nitrogens with zero attached hydrogens (tertiary/aromatic N) is 4. The molecule has 3 N–H and O–H groups in total. The maximum atomic E-state index is 13.5. The second-order valence-electron chi connectivity index (χ2n) is 4.24. The van der Waals surface area contributed by atoms with Crippen LogP contribution in [0, 0.1) is 12.7 Å². The van der Waals surface area contributed by atoms with E-state index in [0.29, 0.717) is 5.82 Å². The van der Waals surface area contributed by atoms with Gasteiger partial charge in [0, 0.05) is 12.2 Å². The Morgan fingerprint density at radius 3 is 2.67 bits per heavy atom. The van der Waals surface area contributed by atoms with Crippen molar-refractivity contribution in [1.29, 1.82) is 0 Å². The van der Waals surface area contributed by atoms with E-state index >= 15 is 0 Å². The lowest BCUT2D eigenvalue weighted by atomic mass is 10.3. The van der Waals surface area contributed by atoms with Crippen LogP contribution in [0.15, 0.2) is 12.4 Å². The van der Waals surface area contributed by atoms with E-state index < -0.39 is 5.82 Å². The molecule has 0 aliphatic carbocycles. The van der Waals surface area contributed by atoms with E-state index in [2.05, 4.69) is 20.5 Å². The number of nitrogen functional groups attached to an aromatic ring is 1. The number of hydrogen-bond acceptors (Lipinski definition) is 5. The van der Waals surface area contributed by atoms with Gasteiger partial charge < -0.3 is 5.43 Å². The lowest BCUT2D eigenvalue weighted by Crippen LogP contribution is -2.12. The number of rotatable bonds is 3. The van der Waals surface area contributed by atoms with Crippen LogP contribution in [0.25, 0.3) is 11.4 Å². The number of nitrogens with two attached hydrogens (primary N) is 1. The van der Waals surface area contributed by atoms with Gasteiger partial charge in [0.1, 0.15) is 0 Å². The molecule has 18 heavy (non-hydrogen) atoms. The van der Waals surface area contributed by atoms with Gasteiger partial charge in [-0.15, -0.1) is 0 Å².